The molecule has 1 unspecified atom stereocenters. The van der Waals surface area contributed by atoms with Crippen molar-refractivity contribution in [2.45, 2.75) is 25.3 Å². The summed E-state index contributed by atoms with van der Waals surface area (Å²) in [5.74, 6) is 0.645. The highest BCUT2D eigenvalue weighted by Gasteiger charge is 2.36. The number of nitrogens with zero attached hydrogens (tertiary/aromatic N) is 1. The first-order valence-corrected chi connectivity index (χ1v) is 4.31. The summed E-state index contributed by atoms with van der Waals surface area (Å²) in [5.41, 5.74) is 5.27. The van der Waals surface area contributed by atoms with Gasteiger partial charge in [-0.05, 0) is 38.3 Å². The predicted octanol–water partition coefficient (Wildman–Crippen LogP) is -0.0440. The Hall–Kier alpha value is -0.570. The summed E-state index contributed by atoms with van der Waals surface area (Å²) in [5, 5.41) is 0. The van der Waals surface area contributed by atoms with Gasteiger partial charge in [-0.1, -0.05) is 0 Å². The van der Waals surface area contributed by atoms with E-state index in [9.17, 15) is 4.79 Å². The number of amides is 1. The van der Waals surface area contributed by atoms with Crippen molar-refractivity contribution in [1.29, 1.82) is 0 Å². The molecule has 0 spiro atoms. The summed E-state index contributed by atoms with van der Waals surface area (Å²) in [6.45, 7) is 2.16. The fourth-order valence-electron chi connectivity index (χ4n) is 2.26. The van der Waals surface area contributed by atoms with Crippen LogP contribution in [0.25, 0.3) is 0 Å². The fourth-order valence-corrected chi connectivity index (χ4v) is 2.26. The molecule has 0 aromatic heterocycles. The van der Waals surface area contributed by atoms with Gasteiger partial charge >= 0.3 is 0 Å². The average Bonchev–Trinajstić information content (AvgIpc) is 2.06. The Bertz CT molecular complexity index is 173. The maximum atomic E-state index is 10.9. The summed E-state index contributed by atoms with van der Waals surface area (Å²) in [4.78, 5) is 13.1. The monoisotopic (exact) mass is 154 g/mol. The molecular weight excluding hydrogens is 140 g/mol. The van der Waals surface area contributed by atoms with Gasteiger partial charge < -0.3 is 5.73 Å². The molecule has 0 radical (unpaired) electrons. The van der Waals surface area contributed by atoms with Crippen LogP contribution in [-0.4, -0.2) is 29.9 Å². The van der Waals surface area contributed by atoms with Crippen LogP contribution in [0.15, 0.2) is 0 Å². The number of carbonyl (C=O) groups is 1. The zero-order chi connectivity index (χ0) is 7.84. The van der Waals surface area contributed by atoms with Crippen LogP contribution in [0.2, 0.25) is 0 Å². The summed E-state index contributed by atoms with van der Waals surface area (Å²) >= 11 is 0. The number of primary amides is 1. The molecular formula is C8H14N2O. The van der Waals surface area contributed by atoms with E-state index in [-0.39, 0.29) is 11.9 Å². The Kier molecular flexibility index (Phi) is 1.60. The van der Waals surface area contributed by atoms with Crippen molar-refractivity contribution in [1.82, 2.24) is 4.90 Å². The smallest absolute Gasteiger partial charge is 0.234 e. The summed E-state index contributed by atoms with van der Waals surface area (Å²) in [6, 6.07) is 0.0579. The minimum atomic E-state index is -0.130. The third kappa shape index (κ3) is 1.13. The van der Waals surface area contributed by atoms with Crippen LogP contribution in [0.1, 0.15) is 19.3 Å². The standard InChI is InChI=1S/C8H14N2O/c9-8(11)7-5-6-1-3-10(7)4-2-6/h6-7H,1-5H2,(H2,9,11). The van der Waals surface area contributed by atoms with Crippen LogP contribution in [-0.2, 0) is 4.79 Å². The van der Waals surface area contributed by atoms with E-state index in [2.05, 4.69) is 4.90 Å². The Morgan fingerprint density at radius 2 is 2.00 bits per heavy atom. The van der Waals surface area contributed by atoms with E-state index in [4.69, 9.17) is 5.73 Å². The second-order valence-corrected chi connectivity index (χ2v) is 3.63. The van der Waals surface area contributed by atoms with Gasteiger partial charge in [0.15, 0.2) is 0 Å². The van der Waals surface area contributed by atoms with Gasteiger partial charge in [0.25, 0.3) is 0 Å². The molecule has 3 nitrogen and oxygen atoms in total. The molecule has 0 saturated carbocycles. The number of hydrogen-bond donors (Lipinski definition) is 1. The highest BCUT2D eigenvalue weighted by Crippen LogP contribution is 2.31. The summed E-state index contributed by atoms with van der Waals surface area (Å²) in [6.07, 6.45) is 3.54. The van der Waals surface area contributed by atoms with Crippen molar-refractivity contribution >= 4 is 5.91 Å². The molecule has 3 aliphatic heterocycles. The lowest BCUT2D eigenvalue weighted by Crippen LogP contribution is -2.54. The molecule has 3 fully saturated rings. The molecule has 0 aromatic rings. The van der Waals surface area contributed by atoms with E-state index < -0.39 is 0 Å². The van der Waals surface area contributed by atoms with Crippen molar-refractivity contribution < 1.29 is 4.79 Å². The van der Waals surface area contributed by atoms with Gasteiger partial charge in [-0.15, -0.1) is 0 Å². The van der Waals surface area contributed by atoms with Gasteiger partial charge in [0.1, 0.15) is 0 Å². The Labute approximate surface area is 66.5 Å². The van der Waals surface area contributed by atoms with Crippen LogP contribution < -0.4 is 5.73 Å². The summed E-state index contributed by atoms with van der Waals surface area (Å²) in [7, 11) is 0. The van der Waals surface area contributed by atoms with Gasteiger partial charge in [-0.25, -0.2) is 0 Å². The van der Waals surface area contributed by atoms with Crippen LogP contribution >= 0.6 is 0 Å². The lowest BCUT2D eigenvalue weighted by molar-refractivity contribution is -0.127. The lowest BCUT2D eigenvalue weighted by atomic mass is 9.83. The second kappa shape index (κ2) is 2.48. The molecule has 1 amide bonds. The lowest BCUT2D eigenvalue weighted by Gasteiger charge is -2.43. The van der Waals surface area contributed by atoms with Gasteiger partial charge in [-0.3, -0.25) is 9.69 Å². The average molecular weight is 154 g/mol. The van der Waals surface area contributed by atoms with Gasteiger partial charge in [0.2, 0.25) is 5.91 Å². The van der Waals surface area contributed by atoms with Gasteiger partial charge in [-0.2, -0.15) is 0 Å². The van der Waals surface area contributed by atoms with Crippen LogP contribution in [0.4, 0.5) is 0 Å². The first kappa shape index (κ1) is 7.10. The zero-order valence-electron chi connectivity index (χ0n) is 6.62. The number of nitrogens with two attached hydrogens (primary N) is 1. The minimum absolute atomic E-state index is 0.0579. The van der Waals surface area contributed by atoms with E-state index in [1.165, 1.54) is 12.8 Å². The molecule has 0 aliphatic carbocycles. The van der Waals surface area contributed by atoms with Crippen molar-refractivity contribution in [3.05, 3.63) is 0 Å². The molecule has 3 heteroatoms. The normalized spacial score (nSPS) is 42.4. The molecule has 1 atom stereocenters. The van der Waals surface area contributed by atoms with E-state index >= 15 is 0 Å². The molecule has 3 rings (SSSR count). The predicted molar refractivity (Wildman–Crippen MR) is 41.9 cm³/mol. The Balaban J connectivity index is 2.08. The number of hydrogen-bond acceptors (Lipinski definition) is 2. The van der Waals surface area contributed by atoms with Crippen LogP contribution in [0.5, 0.6) is 0 Å². The van der Waals surface area contributed by atoms with Crippen molar-refractivity contribution in [3.63, 3.8) is 0 Å². The molecule has 3 heterocycles. The Morgan fingerprint density at radius 1 is 1.36 bits per heavy atom. The van der Waals surface area contributed by atoms with Gasteiger partial charge in [0.05, 0.1) is 6.04 Å². The van der Waals surface area contributed by atoms with E-state index in [1.807, 2.05) is 0 Å². The van der Waals surface area contributed by atoms with Crippen molar-refractivity contribution in [3.8, 4) is 0 Å². The van der Waals surface area contributed by atoms with Crippen molar-refractivity contribution in [2.24, 2.45) is 11.7 Å². The number of fused-ring (bicyclic) bond motifs is 3. The first-order valence-electron chi connectivity index (χ1n) is 4.31. The SMILES string of the molecule is NC(=O)C1CC2CCN1CC2. The Morgan fingerprint density at radius 3 is 2.27 bits per heavy atom. The maximum absolute atomic E-state index is 10.9. The van der Waals surface area contributed by atoms with Gasteiger partial charge in [0, 0.05) is 0 Å². The molecule has 62 valence electrons. The fraction of sp³-hybridized carbons (Fsp3) is 0.875. The molecule has 0 aromatic carbocycles. The largest absolute Gasteiger partial charge is 0.368 e. The minimum Gasteiger partial charge on any atom is -0.368 e. The third-order valence-electron chi connectivity index (χ3n) is 2.97. The van der Waals surface area contributed by atoms with Crippen LogP contribution in [0.3, 0.4) is 0 Å². The second-order valence-electron chi connectivity index (χ2n) is 3.63. The number of rotatable bonds is 1. The number of carbonyl (C=O) groups excluding carboxylic acids is 1. The van der Waals surface area contributed by atoms with E-state index in [0.717, 1.165) is 25.4 Å². The van der Waals surface area contributed by atoms with Crippen LogP contribution in [0, 0.1) is 5.92 Å². The molecule has 11 heavy (non-hydrogen) atoms. The molecule has 2 bridgehead atoms. The van der Waals surface area contributed by atoms with E-state index in [1.54, 1.807) is 0 Å². The molecule has 3 aliphatic rings. The topological polar surface area (TPSA) is 46.3 Å². The van der Waals surface area contributed by atoms with Crippen molar-refractivity contribution in [2.75, 3.05) is 13.1 Å². The highest BCUT2D eigenvalue weighted by atomic mass is 16.1. The maximum Gasteiger partial charge on any atom is 0.234 e. The van der Waals surface area contributed by atoms with E-state index in [0.29, 0.717) is 0 Å². The zero-order valence-corrected chi connectivity index (χ0v) is 6.62. The molecule has 2 N–H and O–H groups in total. The molecule has 3 saturated heterocycles. The highest BCUT2D eigenvalue weighted by molar-refractivity contribution is 5.80. The number of piperidine rings is 3. The first-order chi connectivity index (χ1) is 5.27. The quantitative estimate of drug-likeness (QED) is 0.576. The third-order valence-corrected chi connectivity index (χ3v) is 2.97. The summed E-state index contributed by atoms with van der Waals surface area (Å²) < 4.78 is 0.